The van der Waals surface area contributed by atoms with E-state index in [1.54, 1.807) is 0 Å². The minimum atomic E-state index is -0.0715. The molecule has 0 aromatic rings. The van der Waals surface area contributed by atoms with Gasteiger partial charge in [0.2, 0.25) is 0 Å². The van der Waals surface area contributed by atoms with Crippen LogP contribution in [0.15, 0.2) is 0 Å². The summed E-state index contributed by atoms with van der Waals surface area (Å²) in [4.78, 5) is 0. The van der Waals surface area contributed by atoms with E-state index < -0.39 is 0 Å². The maximum atomic E-state index is 10.4. The van der Waals surface area contributed by atoms with Gasteiger partial charge in [-0.1, -0.05) is 52.9 Å². The molecule has 1 rings (SSSR count). The van der Waals surface area contributed by atoms with Crippen LogP contribution in [0.5, 0.6) is 0 Å². The molecule has 1 unspecified atom stereocenters. The van der Waals surface area contributed by atoms with Crippen molar-refractivity contribution < 1.29 is 5.11 Å². The van der Waals surface area contributed by atoms with E-state index in [0.29, 0.717) is 5.92 Å². The van der Waals surface area contributed by atoms with Gasteiger partial charge in [0.15, 0.2) is 0 Å². The number of aliphatic hydroxyl groups is 1. The van der Waals surface area contributed by atoms with Gasteiger partial charge in [-0.2, -0.15) is 0 Å². The first-order chi connectivity index (χ1) is 6.64. The molecule has 1 heteroatoms. The van der Waals surface area contributed by atoms with E-state index in [-0.39, 0.29) is 11.5 Å². The quantitative estimate of drug-likeness (QED) is 0.729. The van der Waals surface area contributed by atoms with E-state index in [1.807, 2.05) is 0 Å². The molecule has 0 radical (unpaired) electrons. The molecule has 84 valence electrons. The molecule has 1 nitrogen and oxygen atoms in total. The standard InChI is InChI=1S/C13H26O/c1-4-11(5-2)12(14)13(3)9-7-6-8-10-13/h11-12,14H,4-10H2,1-3H3. The second-order valence-electron chi connectivity index (χ2n) is 5.24. The number of rotatable bonds is 4. The van der Waals surface area contributed by atoms with Crippen molar-refractivity contribution in [3.8, 4) is 0 Å². The minimum Gasteiger partial charge on any atom is -0.392 e. The van der Waals surface area contributed by atoms with Crippen LogP contribution in [0.2, 0.25) is 0 Å². The lowest BCUT2D eigenvalue weighted by molar-refractivity contribution is -0.0330. The van der Waals surface area contributed by atoms with Crippen LogP contribution in [0.1, 0.15) is 65.7 Å². The van der Waals surface area contributed by atoms with Gasteiger partial charge in [0.05, 0.1) is 6.10 Å². The van der Waals surface area contributed by atoms with Crippen LogP contribution in [0.3, 0.4) is 0 Å². The second kappa shape index (κ2) is 5.16. The molecule has 14 heavy (non-hydrogen) atoms. The summed E-state index contributed by atoms with van der Waals surface area (Å²) in [5.41, 5.74) is 0.217. The van der Waals surface area contributed by atoms with Gasteiger partial charge < -0.3 is 5.11 Å². The Morgan fingerprint density at radius 3 is 2.00 bits per heavy atom. The van der Waals surface area contributed by atoms with E-state index in [9.17, 15) is 5.11 Å². The van der Waals surface area contributed by atoms with Crippen LogP contribution in [0.25, 0.3) is 0 Å². The van der Waals surface area contributed by atoms with Gasteiger partial charge in [0.25, 0.3) is 0 Å². The molecule has 0 aliphatic heterocycles. The highest BCUT2D eigenvalue weighted by molar-refractivity contribution is 4.88. The molecular weight excluding hydrogens is 172 g/mol. The topological polar surface area (TPSA) is 20.2 Å². The van der Waals surface area contributed by atoms with Gasteiger partial charge in [-0.25, -0.2) is 0 Å². The molecule has 0 saturated heterocycles. The highest BCUT2D eigenvalue weighted by Crippen LogP contribution is 2.42. The molecule has 1 saturated carbocycles. The Kier molecular flexibility index (Phi) is 4.43. The average Bonchev–Trinajstić information content (AvgIpc) is 2.20. The minimum absolute atomic E-state index is 0.0715. The first-order valence-corrected chi connectivity index (χ1v) is 6.32. The zero-order valence-electron chi connectivity index (χ0n) is 10.1. The van der Waals surface area contributed by atoms with E-state index >= 15 is 0 Å². The molecule has 0 spiro atoms. The molecular formula is C13H26O. The lowest BCUT2D eigenvalue weighted by atomic mass is 9.67. The van der Waals surface area contributed by atoms with Crippen molar-refractivity contribution in [1.82, 2.24) is 0 Å². The van der Waals surface area contributed by atoms with Crippen LogP contribution >= 0.6 is 0 Å². The molecule has 0 aromatic heterocycles. The predicted molar refractivity (Wildman–Crippen MR) is 61.3 cm³/mol. The zero-order valence-corrected chi connectivity index (χ0v) is 10.1. The lowest BCUT2D eigenvalue weighted by Gasteiger charge is -2.41. The second-order valence-corrected chi connectivity index (χ2v) is 5.24. The van der Waals surface area contributed by atoms with Crippen molar-refractivity contribution in [2.45, 2.75) is 71.8 Å². The number of hydrogen-bond donors (Lipinski definition) is 1. The summed E-state index contributed by atoms with van der Waals surface area (Å²) in [5, 5.41) is 10.4. The molecule has 0 bridgehead atoms. The summed E-state index contributed by atoms with van der Waals surface area (Å²) in [5.74, 6) is 0.512. The van der Waals surface area contributed by atoms with Crippen molar-refractivity contribution in [3.05, 3.63) is 0 Å². The Balaban J connectivity index is 2.59. The molecule has 0 aromatic carbocycles. The molecule has 0 amide bonds. The Bertz CT molecular complexity index is 155. The van der Waals surface area contributed by atoms with Crippen LogP contribution in [-0.2, 0) is 0 Å². The van der Waals surface area contributed by atoms with Crippen LogP contribution in [0.4, 0.5) is 0 Å². The van der Waals surface area contributed by atoms with Gasteiger partial charge in [-0.05, 0) is 24.2 Å². The summed E-state index contributed by atoms with van der Waals surface area (Å²) in [6, 6.07) is 0. The fourth-order valence-corrected chi connectivity index (χ4v) is 2.96. The fraction of sp³-hybridized carbons (Fsp3) is 1.00. The van der Waals surface area contributed by atoms with Gasteiger partial charge >= 0.3 is 0 Å². The predicted octanol–water partition coefficient (Wildman–Crippen LogP) is 3.75. The summed E-state index contributed by atoms with van der Waals surface area (Å²) in [6.07, 6.45) is 8.61. The van der Waals surface area contributed by atoms with Crippen molar-refractivity contribution in [2.24, 2.45) is 11.3 Å². The Labute approximate surface area is 88.9 Å². The SMILES string of the molecule is CCC(CC)C(O)C1(C)CCCCC1. The summed E-state index contributed by atoms with van der Waals surface area (Å²) < 4.78 is 0. The van der Waals surface area contributed by atoms with Gasteiger partial charge in [0, 0.05) is 0 Å². The maximum Gasteiger partial charge on any atom is 0.0621 e. The monoisotopic (exact) mass is 198 g/mol. The van der Waals surface area contributed by atoms with Gasteiger partial charge in [-0.3, -0.25) is 0 Å². The van der Waals surface area contributed by atoms with E-state index in [2.05, 4.69) is 20.8 Å². The third kappa shape index (κ3) is 2.50. The maximum absolute atomic E-state index is 10.4. The zero-order chi connectivity index (χ0) is 10.6. The summed E-state index contributed by atoms with van der Waals surface area (Å²) in [7, 11) is 0. The molecule has 1 fully saturated rings. The Morgan fingerprint density at radius 1 is 1.07 bits per heavy atom. The van der Waals surface area contributed by atoms with Crippen molar-refractivity contribution in [3.63, 3.8) is 0 Å². The normalized spacial score (nSPS) is 23.8. The molecule has 1 aliphatic rings. The molecule has 1 atom stereocenters. The number of aliphatic hydroxyl groups excluding tert-OH is 1. The fourth-order valence-electron chi connectivity index (χ4n) is 2.96. The third-order valence-corrected chi connectivity index (χ3v) is 4.21. The van der Waals surface area contributed by atoms with Crippen molar-refractivity contribution in [1.29, 1.82) is 0 Å². The van der Waals surface area contributed by atoms with E-state index in [4.69, 9.17) is 0 Å². The largest absolute Gasteiger partial charge is 0.392 e. The highest BCUT2D eigenvalue weighted by Gasteiger charge is 2.37. The number of hydrogen-bond acceptors (Lipinski definition) is 1. The van der Waals surface area contributed by atoms with Crippen molar-refractivity contribution in [2.75, 3.05) is 0 Å². The average molecular weight is 198 g/mol. The first kappa shape index (κ1) is 12.0. The van der Waals surface area contributed by atoms with Gasteiger partial charge in [-0.15, -0.1) is 0 Å². The first-order valence-electron chi connectivity index (χ1n) is 6.32. The van der Waals surface area contributed by atoms with Crippen LogP contribution in [0, 0.1) is 11.3 Å². The smallest absolute Gasteiger partial charge is 0.0621 e. The Hall–Kier alpha value is -0.0400. The Morgan fingerprint density at radius 2 is 1.57 bits per heavy atom. The highest BCUT2D eigenvalue weighted by atomic mass is 16.3. The third-order valence-electron chi connectivity index (χ3n) is 4.21. The van der Waals surface area contributed by atoms with Crippen molar-refractivity contribution >= 4 is 0 Å². The summed E-state index contributed by atoms with van der Waals surface area (Å²) in [6.45, 7) is 6.68. The molecule has 0 heterocycles. The van der Waals surface area contributed by atoms with Crippen LogP contribution in [-0.4, -0.2) is 11.2 Å². The lowest BCUT2D eigenvalue weighted by Crippen LogP contribution is -2.39. The van der Waals surface area contributed by atoms with E-state index in [1.165, 1.54) is 32.1 Å². The van der Waals surface area contributed by atoms with Crippen LogP contribution < -0.4 is 0 Å². The summed E-state index contributed by atoms with van der Waals surface area (Å²) >= 11 is 0. The molecule has 1 N–H and O–H groups in total. The molecule has 1 aliphatic carbocycles. The van der Waals surface area contributed by atoms with Gasteiger partial charge in [0.1, 0.15) is 0 Å². The van der Waals surface area contributed by atoms with E-state index in [0.717, 1.165) is 12.8 Å².